The van der Waals surface area contributed by atoms with Crippen LogP contribution < -0.4 is 4.74 Å². The number of thiophene rings is 1. The normalized spacial score (nSPS) is 11.1. The Kier molecular flexibility index (Phi) is 5.34. The number of methoxy groups -OCH3 is 1. The quantitative estimate of drug-likeness (QED) is 0.209. The van der Waals surface area contributed by atoms with E-state index in [1.807, 2.05) is 24.3 Å². The van der Waals surface area contributed by atoms with Gasteiger partial charge in [-0.3, -0.25) is 0 Å². The predicted molar refractivity (Wildman–Crippen MR) is 115 cm³/mol. The molecule has 0 radical (unpaired) electrons. The van der Waals surface area contributed by atoms with E-state index >= 15 is 0 Å². The van der Waals surface area contributed by atoms with Crippen molar-refractivity contribution in [1.82, 2.24) is 9.97 Å². The smallest absolute Gasteiger partial charge is 0.190 e. The largest absolute Gasteiger partial charge is 0.497 e. The number of nitrogens with zero attached hydrogens (tertiary/aromatic N) is 2. The van der Waals surface area contributed by atoms with Crippen LogP contribution in [-0.2, 0) is 5.75 Å². The molecule has 0 N–H and O–H groups in total. The minimum atomic E-state index is 0.499. The van der Waals surface area contributed by atoms with Crippen LogP contribution in [-0.4, -0.2) is 17.1 Å². The summed E-state index contributed by atoms with van der Waals surface area (Å²) in [6.07, 6.45) is 0. The Labute approximate surface area is 171 Å². The molecule has 0 saturated heterocycles. The van der Waals surface area contributed by atoms with Gasteiger partial charge in [-0.05, 0) is 30.2 Å². The van der Waals surface area contributed by atoms with E-state index in [0.29, 0.717) is 10.3 Å². The van der Waals surface area contributed by atoms with Gasteiger partial charge in [-0.1, -0.05) is 65.3 Å². The van der Waals surface area contributed by atoms with Gasteiger partial charge in [0.1, 0.15) is 15.7 Å². The lowest BCUT2D eigenvalue weighted by Gasteiger charge is -2.05. The van der Waals surface area contributed by atoms with Crippen LogP contribution in [0.2, 0.25) is 5.15 Å². The zero-order chi connectivity index (χ0) is 18.8. The molecule has 2 aromatic carbocycles. The second-order valence-electron chi connectivity index (χ2n) is 6.13. The fourth-order valence-electron chi connectivity index (χ4n) is 2.76. The summed E-state index contributed by atoms with van der Waals surface area (Å²) < 4.78 is 5.23. The van der Waals surface area contributed by atoms with Gasteiger partial charge < -0.3 is 4.74 Å². The molecule has 2 aromatic heterocycles. The van der Waals surface area contributed by atoms with Crippen LogP contribution in [0.1, 0.15) is 11.1 Å². The summed E-state index contributed by atoms with van der Waals surface area (Å²) in [5.74, 6) is 1.65. The van der Waals surface area contributed by atoms with Gasteiger partial charge >= 0.3 is 0 Å². The van der Waals surface area contributed by atoms with Crippen LogP contribution in [0.3, 0.4) is 0 Å². The third-order valence-corrected chi connectivity index (χ3v) is 6.32. The summed E-state index contributed by atoms with van der Waals surface area (Å²) in [4.78, 5) is 10.1. The topological polar surface area (TPSA) is 35.0 Å². The van der Waals surface area contributed by atoms with E-state index in [4.69, 9.17) is 21.3 Å². The molecule has 0 saturated carbocycles. The van der Waals surface area contributed by atoms with Crippen molar-refractivity contribution < 1.29 is 4.74 Å². The first-order chi connectivity index (χ1) is 13.1. The summed E-state index contributed by atoms with van der Waals surface area (Å²) in [5.41, 5.74) is 4.63. The summed E-state index contributed by atoms with van der Waals surface area (Å²) in [7, 11) is 1.66. The SMILES string of the molecule is COc1ccc(-c2csc3nc(SCc4ccc(C)cc4)nc(Cl)c23)cc1. The molecule has 0 bridgehead atoms. The average Bonchev–Trinajstić information content (AvgIpc) is 3.12. The molecule has 0 atom stereocenters. The van der Waals surface area contributed by atoms with E-state index in [1.165, 1.54) is 11.1 Å². The highest BCUT2D eigenvalue weighted by atomic mass is 35.5. The zero-order valence-electron chi connectivity index (χ0n) is 14.9. The maximum Gasteiger partial charge on any atom is 0.190 e. The Morgan fingerprint density at radius 1 is 1.04 bits per heavy atom. The standard InChI is InChI=1S/C21H17ClN2OS2/c1-13-3-5-14(6-4-13)11-27-21-23-19(22)18-17(12-26-20(18)24-21)15-7-9-16(25-2)10-8-15/h3-10,12H,11H2,1-2H3. The minimum Gasteiger partial charge on any atom is -0.497 e. The van der Waals surface area contributed by atoms with Crippen molar-refractivity contribution in [3.8, 4) is 16.9 Å². The summed E-state index contributed by atoms with van der Waals surface area (Å²) >= 11 is 9.73. The average molecular weight is 413 g/mol. The van der Waals surface area contributed by atoms with Gasteiger partial charge in [0.25, 0.3) is 0 Å². The van der Waals surface area contributed by atoms with Crippen LogP contribution in [0.4, 0.5) is 0 Å². The molecule has 4 rings (SSSR count). The Balaban J connectivity index is 1.61. The van der Waals surface area contributed by atoms with Gasteiger partial charge in [0.15, 0.2) is 5.16 Å². The molecule has 27 heavy (non-hydrogen) atoms. The molecular formula is C21H17ClN2OS2. The van der Waals surface area contributed by atoms with Crippen LogP contribution >= 0.6 is 34.7 Å². The Morgan fingerprint density at radius 3 is 2.48 bits per heavy atom. The van der Waals surface area contributed by atoms with E-state index in [1.54, 1.807) is 30.2 Å². The van der Waals surface area contributed by atoms with Gasteiger partial charge in [-0.25, -0.2) is 9.97 Å². The molecule has 0 aliphatic rings. The van der Waals surface area contributed by atoms with E-state index in [-0.39, 0.29) is 0 Å². The van der Waals surface area contributed by atoms with Crippen molar-refractivity contribution in [1.29, 1.82) is 0 Å². The number of fused-ring (bicyclic) bond motifs is 1. The Hall–Kier alpha value is -2.08. The number of benzene rings is 2. The second kappa shape index (κ2) is 7.89. The van der Waals surface area contributed by atoms with Crippen LogP contribution in [0.25, 0.3) is 21.3 Å². The molecule has 6 heteroatoms. The number of rotatable bonds is 5. The fraction of sp³-hybridized carbons (Fsp3) is 0.143. The highest BCUT2D eigenvalue weighted by molar-refractivity contribution is 7.98. The van der Waals surface area contributed by atoms with Crippen LogP contribution in [0, 0.1) is 6.92 Å². The molecule has 0 spiro atoms. The molecule has 0 fully saturated rings. The van der Waals surface area contributed by atoms with E-state index in [0.717, 1.165) is 32.8 Å². The first-order valence-corrected chi connectivity index (χ1v) is 10.7. The molecule has 4 aromatic rings. The molecule has 0 unspecified atom stereocenters. The van der Waals surface area contributed by atoms with Crippen molar-refractivity contribution in [3.63, 3.8) is 0 Å². The van der Waals surface area contributed by atoms with Crippen molar-refractivity contribution in [2.75, 3.05) is 7.11 Å². The fourth-order valence-corrected chi connectivity index (χ4v) is 4.94. The highest BCUT2D eigenvalue weighted by Gasteiger charge is 2.14. The number of halogens is 1. The maximum absolute atomic E-state index is 6.54. The number of aromatic nitrogens is 2. The van der Waals surface area contributed by atoms with Gasteiger partial charge in [0, 0.05) is 16.7 Å². The summed E-state index contributed by atoms with van der Waals surface area (Å²) in [6.45, 7) is 2.09. The zero-order valence-corrected chi connectivity index (χ0v) is 17.3. The minimum absolute atomic E-state index is 0.499. The number of ether oxygens (including phenoxy) is 1. The lowest BCUT2D eigenvalue weighted by Crippen LogP contribution is -1.90. The molecule has 2 heterocycles. The number of hydrogen-bond donors (Lipinski definition) is 0. The van der Waals surface area contributed by atoms with Gasteiger partial charge in [-0.2, -0.15) is 0 Å². The van der Waals surface area contributed by atoms with Crippen molar-refractivity contribution in [2.45, 2.75) is 17.8 Å². The van der Waals surface area contributed by atoms with Crippen LogP contribution in [0.15, 0.2) is 59.1 Å². The Bertz CT molecular complexity index is 1080. The second-order valence-corrected chi connectivity index (χ2v) is 8.29. The third-order valence-electron chi connectivity index (χ3n) is 4.26. The van der Waals surface area contributed by atoms with E-state index in [2.05, 4.69) is 41.6 Å². The monoisotopic (exact) mass is 412 g/mol. The van der Waals surface area contributed by atoms with E-state index in [9.17, 15) is 0 Å². The lowest BCUT2D eigenvalue weighted by atomic mass is 10.1. The predicted octanol–water partition coefficient (Wildman–Crippen LogP) is 6.62. The highest BCUT2D eigenvalue weighted by Crippen LogP contribution is 2.38. The van der Waals surface area contributed by atoms with Gasteiger partial charge in [0.05, 0.1) is 12.5 Å². The third kappa shape index (κ3) is 3.95. The Morgan fingerprint density at radius 2 is 1.78 bits per heavy atom. The molecular weight excluding hydrogens is 396 g/mol. The summed E-state index contributed by atoms with van der Waals surface area (Å²) in [6, 6.07) is 16.4. The number of thioether (sulfide) groups is 1. The molecule has 0 aliphatic heterocycles. The maximum atomic E-state index is 6.54. The first kappa shape index (κ1) is 18.3. The number of hydrogen-bond acceptors (Lipinski definition) is 5. The molecule has 0 amide bonds. The van der Waals surface area contributed by atoms with Gasteiger partial charge in [0.2, 0.25) is 0 Å². The molecule has 136 valence electrons. The van der Waals surface area contributed by atoms with Crippen molar-refractivity contribution >= 4 is 44.9 Å². The lowest BCUT2D eigenvalue weighted by molar-refractivity contribution is 0.415. The van der Waals surface area contributed by atoms with Crippen molar-refractivity contribution in [2.24, 2.45) is 0 Å². The van der Waals surface area contributed by atoms with Crippen molar-refractivity contribution in [3.05, 3.63) is 70.2 Å². The van der Waals surface area contributed by atoms with Gasteiger partial charge in [-0.15, -0.1) is 11.3 Å². The summed E-state index contributed by atoms with van der Waals surface area (Å²) in [5, 5.41) is 4.20. The first-order valence-electron chi connectivity index (χ1n) is 8.41. The molecule has 3 nitrogen and oxygen atoms in total. The van der Waals surface area contributed by atoms with Crippen LogP contribution in [0.5, 0.6) is 5.75 Å². The number of aryl methyl sites for hydroxylation is 1. The van der Waals surface area contributed by atoms with E-state index < -0.39 is 0 Å². The molecule has 0 aliphatic carbocycles.